The number of amides is 1. The van der Waals surface area contributed by atoms with Crippen molar-refractivity contribution in [3.05, 3.63) is 0 Å². The van der Waals surface area contributed by atoms with E-state index in [9.17, 15) is 14.7 Å². The molecule has 1 amide bonds. The van der Waals surface area contributed by atoms with Crippen LogP contribution in [0.25, 0.3) is 0 Å². The van der Waals surface area contributed by atoms with Gasteiger partial charge in [-0.2, -0.15) is 0 Å². The molecule has 0 aromatic heterocycles. The summed E-state index contributed by atoms with van der Waals surface area (Å²) in [6, 6.07) is -0.215. The zero-order valence-corrected chi connectivity index (χ0v) is 12.5. The second-order valence-corrected chi connectivity index (χ2v) is 5.51. The molecule has 2 atom stereocenters. The summed E-state index contributed by atoms with van der Waals surface area (Å²) < 4.78 is 10.6. The molecule has 2 saturated heterocycles. The highest BCUT2D eigenvalue weighted by molar-refractivity contribution is 5.78. The fraction of sp³-hybridized carbons (Fsp3) is 0.857. The van der Waals surface area contributed by atoms with E-state index in [0.717, 1.165) is 6.42 Å². The Morgan fingerprint density at radius 1 is 1.24 bits per heavy atom. The lowest BCUT2D eigenvalue weighted by molar-refractivity contribution is -0.145. The number of carboxylic acids is 1. The van der Waals surface area contributed by atoms with E-state index >= 15 is 0 Å². The van der Waals surface area contributed by atoms with E-state index in [0.29, 0.717) is 39.5 Å². The molecular formula is C14H24N2O5. The van der Waals surface area contributed by atoms with Crippen LogP contribution in [-0.4, -0.2) is 85.4 Å². The highest BCUT2D eigenvalue weighted by Crippen LogP contribution is 2.20. The van der Waals surface area contributed by atoms with Gasteiger partial charge in [0.1, 0.15) is 0 Å². The molecule has 7 nitrogen and oxygen atoms in total. The number of hydrogen-bond acceptors (Lipinski definition) is 5. The second kappa shape index (κ2) is 7.72. The van der Waals surface area contributed by atoms with Gasteiger partial charge in [0.15, 0.2) is 0 Å². The molecule has 7 heteroatoms. The van der Waals surface area contributed by atoms with Crippen molar-refractivity contribution in [3.8, 4) is 0 Å². The number of carboxylic acid groups (broad SMARTS) is 1. The Kier molecular flexibility index (Phi) is 5.96. The average Bonchev–Trinajstić information content (AvgIpc) is 2.97. The van der Waals surface area contributed by atoms with E-state index in [4.69, 9.17) is 9.47 Å². The fourth-order valence-electron chi connectivity index (χ4n) is 2.87. The summed E-state index contributed by atoms with van der Waals surface area (Å²) in [4.78, 5) is 27.4. The number of hydrogen-bond donors (Lipinski definition) is 1. The van der Waals surface area contributed by atoms with Crippen LogP contribution in [0.3, 0.4) is 0 Å². The Bertz CT molecular complexity index is 370. The second-order valence-electron chi connectivity index (χ2n) is 5.51. The van der Waals surface area contributed by atoms with Crippen LogP contribution in [0.15, 0.2) is 0 Å². The number of carbonyl (C=O) groups excluding carboxylic acids is 1. The Labute approximate surface area is 124 Å². The van der Waals surface area contributed by atoms with Gasteiger partial charge in [-0.3, -0.25) is 14.5 Å². The summed E-state index contributed by atoms with van der Waals surface area (Å²) in [5.74, 6) is -1.35. The first-order valence-electron chi connectivity index (χ1n) is 7.53. The predicted molar refractivity (Wildman–Crippen MR) is 75.0 cm³/mol. The largest absolute Gasteiger partial charge is 0.481 e. The van der Waals surface area contributed by atoms with Crippen molar-refractivity contribution < 1.29 is 24.2 Å². The molecule has 2 fully saturated rings. The third-order valence-corrected chi connectivity index (χ3v) is 4.05. The maximum Gasteiger partial charge on any atom is 0.310 e. The highest BCUT2D eigenvalue weighted by atomic mass is 16.5. The molecule has 0 aromatic carbocycles. The predicted octanol–water partition coefficient (Wildman–Crippen LogP) is -0.343. The maximum atomic E-state index is 12.4. The minimum absolute atomic E-state index is 0.0442. The number of rotatable bonds is 6. The number of morpholine rings is 1. The number of aliphatic carboxylic acids is 1. The summed E-state index contributed by atoms with van der Waals surface area (Å²) in [6.07, 6.45) is 0.874. The lowest BCUT2D eigenvalue weighted by atomic mass is 10.0. The molecule has 21 heavy (non-hydrogen) atoms. The zero-order valence-electron chi connectivity index (χ0n) is 12.5. The van der Waals surface area contributed by atoms with Crippen molar-refractivity contribution in [1.82, 2.24) is 9.80 Å². The standard InChI is InChI=1S/C14H24N2O5/c1-2-3-16(12-10-21-9-11(12)14(18)19)8-13(17)15-4-6-20-7-5-15/h11-12H,2-10H2,1H3,(H,18,19). The molecular weight excluding hydrogens is 276 g/mol. The summed E-state index contributed by atoms with van der Waals surface area (Å²) in [5, 5.41) is 9.27. The average molecular weight is 300 g/mol. The fourth-order valence-corrected chi connectivity index (χ4v) is 2.87. The summed E-state index contributed by atoms with van der Waals surface area (Å²) >= 11 is 0. The van der Waals surface area contributed by atoms with Crippen molar-refractivity contribution in [2.75, 3.05) is 52.6 Å². The van der Waals surface area contributed by atoms with Crippen LogP contribution < -0.4 is 0 Å². The lowest BCUT2D eigenvalue weighted by Crippen LogP contribution is -2.50. The van der Waals surface area contributed by atoms with Gasteiger partial charge >= 0.3 is 5.97 Å². The van der Waals surface area contributed by atoms with E-state index in [1.54, 1.807) is 4.90 Å². The first-order chi connectivity index (χ1) is 10.1. The molecule has 0 bridgehead atoms. The van der Waals surface area contributed by atoms with Gasteiger partial charge in [0.05, 0.1) is 38.9 Å². The van der Waals surface area contributed by atoms with Crippen molar-refractivity contribution >= 4 is 11.9 Å². The summed E-state index contributed by atoms with van der Waals surface area (Å²) in [5.41, 5.74) is 0. The summed E-state index contributed by atoms with van der Waals surface area (Å²) in [6.45, 7) is 5.97. The zero-order chi connectivity index (χ0) is 15.2. The van der Waals surface area contributed by atoms with E-state index in [-0.39, 0.29) is 25.1 Å². The first-order valence-corrected chi connectivity index (χ1v) is 7.53. The number of nitrogens with zero attached hydrogens (tertiary/aromatic N) is 2. The van der Waals surface area contributed by atoms with E-state index in [1.807, 2.05) is 11.8 Å². The van der Waals surface area contributed by atoms with Gasteiger partial charge in [-0.25, -0.2) is 0 Å². The van der Waals surface area contributed by atoms with Gasteiger partial charge in [-0.05, 0) is 13.0 Å². The molecule has 2 unspecified atom stereocenters. The van der Waals surface area contributed by atoms with Crippen LogP contribution in [0.5, 0.6) is 0 Å². The van der Waals surface area contributed by atoms with Gasteiger partial charge in [-0.15, -0.1) is 0 Å². The molecule has 0 spiro atoms. The van der Waals surface area contributed by atoms with Gasteiger partial charge < -0.3 is 19.5 Å². The molecule has 2 aliphatic rings. The molecule has 0 radical (unpaired) electrons. The maximum absolute atomic E-state index is 12.4. The van der Waals surface area contributed by atoms with Crippen LogP contribution in [0.2, 0.25) is 0 Å². The monoisotopic (exact) mass is 300 g/mol. The van der Waals surface area contributed by atoms with Crippen molar-refractivity contribution in [2.24, 2.45) is 5.92 Å². The van der Waals surface area contributed by atoms with E-state index in [1.165, 1.54) is 0 Å². The van der Waals surface area contributed by atoms with Crippen LogP contribution in [0, 0.1) is 5.92 Å². The minimum atomic E-state index is -0.850. The normalized spacial score (nSPS) is 26.3. The molecule has 120 valence electrons. The Morgan fingerprint density at radius 2 is 1.95 bits per heavy atom. The third-order valence-electron chi connectivity index (χ3n) is 4.05. The van der Waals surface area contributed by atoms with Crippen LogP contribution in [0.4, 0.5) is 0 Å². The van der Waals surface area contributed by atoms with Crippen LogP contribution >= 0.6 is 0 Å². The van der Waals surface area contributed by atoms with Crippen LogP contribution in [-0.2, 0) is 19.1 Å². The lowest BCUT2D eigenvalue weighted by Gasteiger charge is -2.33. The Morgan fingerprint density at radius 3 is 2.57 bits per heavy atom. The van der Waals surface area contributed by atoms with Crippen molar-refractivity contribution in [2.45, 2.75) is 19.4 Å². The molecule has 2 heterocycles. The minimum Gasteiger partial charge on any atom is -0.481 e. The number of carbonyl (C=O) groups is 2. The molecule has 0 aromatic rings. The Balaban J connectivity index is 1.97. The molecule has 0 saturated carbocycles. The topological polar surface area (TPSA) is 79.3 Å². The van der Waals surface area contributed by atoms with Crippen molar-refractivity contribution in [3.63, 3.8) is 0 Å². The first kappa shape index (κ1) is 16.2. The van der Waals surface area contributed by atoms with Gasteiger partial charge in [0.25, 0.3) is 0 Å². The summed E-state index contributed by atoms with van der Waals surface area (Å²) in [7, 11) is 0. The molecule has 0 aliphatic carbocycles. The molecule has 2 aliphatic heterocycles. The SMILES string of the molecule is CCCN(CC(=O)N1CCOCC1)C1COCC1C(=O)O. The van der Waals surface area contributed by atoms with E-state index < -0.39 is 11.9 Å². The van der Waals surface area contributed by atoms with Crippen molar-refractivity contribution in [1.29, 1.82) is 0 Å². The third kappa shape index (κ3) is 4.15. The Hall–Kier alpha value is -1.18. The van der Waals surface area contributed by atoms with Crippen LogP contribution in [0.1, 0.15) is 13.3 Å². The smallest absolute Gasteiger partial charge is 0.310 e. The van der Waals surface area contributed by atoms with E-state index in [2.05, 4.69) is 0 Å². The quantitative estimate of drug-likeness (QED) is 0.723. The van der Waals surface area contributed by atoms with Gasteiger partial charge in [0.2, 0.25) is 5.91 Å². The highest BCUT2D eigenvalue weighted by Gasteiger charge is 2.38. The van der Waals surface area contributed by atoms with Gasteiger partial charge in [-0.1, -0.05) is 6.92 Å². The van der Waals surface area contributed by atoms with Gasteiger partial charge in [0, 0.05) is 19.1 Å². The molecule has 2 rings (SSSR count). The molecule has 1 N–H and O–H groups in total. The number of ether oxygens (including phenoxy) is 2.